The molecular formula is C29H31N3O5S. The molecule has 0 spiro atoms. The lowest BCUT2D eigenvalue weighted by Crippen LogP contribution is -2.59. The van der Waals surface area contributed by atoms with Gasteiger partial charge in [-0.15, -0.1) is 0 Å². The van der Waals surface area contributed by atoms with Gasteiger partial charge in [0.05, 0.1) is 19.8 Å². The molecule has 5 atom stereocenters. The van der Waals surface area contributed by atoms with E-state index in [2.05, 4.69) is 10.0 Å². The van der Waals surface area contributed by atoms with Gasteiger partial charge in [0.1, 0.15) is 29.8 Å². The maximum atomic E-state index is 12.2. The zero-order valence-corrected chi connectivity index (χ0v) is 22.2. The van der Waals surface area contributed by atoms with Crippen molar-refractivity contribution in [1.82, 2.24) is 0 Å². The Morgan fingerprint density at radius 2 is 1.58 bits per heavy atom. The molecule has 0 radical (unpaired) electrons. The van der Waals surface area contributed by atoms with Crippen LogP contribution in [0.4, 0.5) is 0 Å². The van der Waals surface area contributed by atoms with Crippen molar-refractivity contribution in [1.29, 1.82) is 0 Å². The Bertz CT molecular complexity index is 1210. The SMILES string of the molecule is CC(=O)O[C@H]1[C@H](OCc2ccccc2)[C@@H](COCc2ccccc2)OC(Sc2ccc(C)cc2)[C@@H]1N=[N+]=[N-]. The van der Waals surface area contributed by atoms with E-state index in [1.165, 1.54) is 18.7 Å². The first-order valence-electron chi connectivity index (χ1n) is 12.4. The maximum Gasteiger partial charge on any atom is 0.303 e. The van der Waals surface area contributed by atoms with Gasteiger partial charge in [0.2, 0.25) is 0 Å². The number of carbonyl (C=O) groups is 1. The molecule has 0 amide bonds. The number of thioether (sulfide) groups is 1. The molecule has 1 aliphatic rings. The highest BCUT2D eigenvalue weighted by Gasteiger charge is 2.49. The van der Waals surface area contributed by atoms with Crippen molar-refractivity contribution in [2.45, 2.75) is 61.7 Å². The quantitative estimate of drug-likeness (QED) is 0.125. The zero-order chi connectivity index (χ0) is 26.7. The largest absolute Gasteiger partial charge is 0.459 e. The fourth-order valence-corrected chi connectivity index (χ4v) is 5.33. The van der Waals surface area contributed by atoms with Gasteiger partial charge in [0.25, 0.3) is 0 Å². The minimum atomic E-state index is -0.867. The third-order valence-electron chi connectivity index (χ3n) is 6.05. The molecule has 1 aliphatic heterocycles. The van der Waals surface area contributed by atoms with Gasteiger partial charge in [0.15, 0.2) is 0 Å². The minimum absolute atomic E-state index is 0.195. The monoisotopic (exact) mass is 533 g/mol. The third kappa shape index (κ3) is 7.84. The molecule has 1 unspecified atom stereocenters. The van der Waals surface area contributed by atoms with Crippen LogP contribution in [0.5, 0.6) is 0 Å². The first-order chi connectivity index (χ1) is 18.5. The van der Waals surface area contributed by atoms with E-state index in [-0.39, 0.29) is 13.2 Å². The molecule has 1 fully saturated rings. The number of rotatable bonds is 11. The Balaban J connectivity index is 1.60. The van der Waals surface area contributed by atoms with Crippen LogP contribution >= 0.6 is 11.8 Å². The number of hydrogen-bond donors (Lipinski definition) is 0. The Morgan fingerprint density at radius 3 is 2.18 bits per heavy atom. The van der Waals surface area contributed by atoms with Crippen molar-refractivity contribution in [3.63, 3.8) is 0 Å². The van der Waals surface area contributed by atoms with Gasteiger partial charge in [-0.05, 0) is 35.7 Å². The number of nitrogens with zero attached hydrogens (tertiary/aromatic N) is 3. The second-order valence-corrected chi connectivity index (χ2v) is 10.2. The van der Waals surface area contributed by atoms with E-state index >= 15 is 0 Å². The summed E-state index contributed by atoms with van der Waals surface area (Å²) in [5.41, 5.74) is 11.9. The van der Waals surface area contributed by atoms with E-state index < -0.39 is 35.8 Å². The highest BCUT2D eigenvalue weighted by Crippen LogP contribution is 2.38. The fraction of sp³-hybridized carbons (Fsp3) is 0.345. The summed E-state index contributed by atoms with van der Waals surface area (Å²) in [6.07, 6.45) is -2.17. The second kappa shape index (κ2) is 14.0. The first kappa shape index (κ1) is 27.7. The molecule has 8 nitrogen and oxygen atoms in total. The first-order valence-corrected chi connectivity index (χ1v) is 13.3. The van der Waals surface area contributed by atoms with Crippen molar-refractivity contribution in [2.24, 2.45) is 5.11 Å². The van der Waals surface area contributed by atoms with Gasteiger partial charge in [-0.1, -0.05) is 95.2 Å². The number of carbonyl (C=O) groups excluding carboxylic acids is 1. The summed E-state index contributed by atoms with van der Waals surface area (Å²) in [4.78, 5) is 16.2. The molecule has 3 aromatic rings. The molecule has 1 saturated heterocycles. The molecule has 3 aromatic carbocycles. The lowest BCUT2D eigenvalue weighted by molar-refractivity contribution is -0.209. The standard InChI is InChI=1S/C29H31N3O5S/c1-20-13-15-24(16-14-20)38-29-26(31-32-30)28(36-21(2)33)27(35-18-23-11-7-4-8-12-23)25(37-29)19-34-17-22-9-5-3-6-10-22/h3-16,25-29H,17-19H2,1-2H3/t25-,26-,27-,28-,29?/m1/s1. The Kier molecular flexibility index (Phi) is 10.2. The van der Waals surface area contributed by atoms with Crippen LogP contribution in [-0.4, -0.2) is 42.4 Å². The van der Waals surface area contributed by atoms with E-state index in [0.717, 1.165) is 21.6 Å². The average molecular weight is 534 g/mol. The number of esters is 1. The molecule has 9 heteroatoms. The topological polar surface area (TPSA) is 103 Å². The van der Waals surface area contributed by atoms with Crippen molar-refractivity contribution in [2.75, 3.05) is 6.61 Å². The lowest BCUT2D eigenvalue weighted by Gasteiger charge is -2.44. The van der Waals surface area contributed by atoms with Gasteiger partial charge >= 0.3 is 5.97 Å². The number of aryl methyl sites for hydroxylation is 1. The van der Waals surface area contributed by atoms with Crippen molar-refractivity contribution < 1.29 is 23.7 Å². The maximum absolute atomic E-state index is 12.2. The van der Waals surface area contributed by atoms with Crippen LogP contribution < -0.4 is 0 Å². The predicted molar refractivity (Wildman–Crippen MR) is 145 cm³/mol. The third-order valence-corrected chi connectivity index (χ3v) is 7.22. The molecule has 1 heterocycles. The van der Waals surface area contributed by atoms with Crippen molar-refractivity contribution in [3.05, 3.63) is 112 Å². The highest BCUT2D eigenvalue weighted by atomic mass is 32.2. The summed E-state index contributed by atoms with van der Waals surface area (Å²) >= 11 is 1.41. The van der Waals surface area contributed by atoms with Gasteiger partial charge in [0, 0.05) is 16.7 Å². The fourth-order valence-electron chi connectivity index (χ4n) is 4.22. The molecule has 0 bridgehead atoms. The van der Waals surface area contributed by atoms with E-state index in [9.17, 15) is 10.3 Å². The van der Waals surface area contributed by atoms with E-state index in [1.807, 2.05) is 91.9 Å². The van der Waals surface area contributed by atoms with Crippen LogP contribution in [0.1, 0.15) is 23.6 Å². The smallest absolute Gasteiger partial charge is 0.303 e. The van der Waals surface area contributed by atoms with E-state index in [1.54, 1.807) is 0 Å². The summed E-state index contributed by atoms with van der Waals surface area (Å²) in [5.74, 6) is -0.494. The van der Waals surface area contributed by atoms with Crippen LogP contribution in [0.2, 0.25) is 0 Å². The number of benzene rings is 3. The van der Waals surface area contributed by atoms with E-state index in [0.29, 0.717) is 6.61 Å². The molecule has 0 N–H and O–H groups in total. The van der Waals surface area contributed by atoms with Crippen LogP contribution in [0.3, 0.4) is 0 Å². The van der Waals surface area contributed by atoms with Crippen LogP contribution in [0, 0.1) is 6.92 Å². The van der Waals surface area contributed by atoms with Gasteiger partial charge in [-0.25, -0.2) is 0 Å². The van der Waals surface area contributed by atoms with Gasteiger partial charge in [-0.3, -0.25) is 4.79 Å². The molecule has 198 valence electrons. The van der Waals surface area contributed by atoms with Crippen molar-refractivity contribution in [3.8, 4) is 0 Å². The van der Waals surface area contributed by atoms with E-state index in [4.69, 9.17) is 18.9 Å². The van der Waals surface area contributed by atoms with Crippen LogP contribution in [-0.2, 0) is 37.0 Å². The predicted octanol–water partition coefficient (Wildman–Crippen LogP) is 6.22. The minimum Gasteiger partial charge on any atom is -0.459 e. The number of ether oxygens (including phenoxy) is 4. The van der Waals surface area contributed by atoms with Crippen LogP contribution in [0.15, 0.2) is 94.9 Å². The summed E-state index contributed by atoms with van der Waals surface area (Å²) in [7, 11) is 0. The second-order valence-electron chi connectivity index (χ2n) is 9.01. The molecule has 38 heavy (non-hydrogen) atoms. The summed E-state index contributed by atoms with van der Waals surface area (Å²) in [6.45, 7) is 4.19. The molecule has 0 saturated carbocycles. The molecule has 0 aliphatic carbocycles. The van der Waals surface area contributed by atoms with Crippen LogP contribution in [0.25, 0.3) is 10.4 Å². The van der Waals surface area contributed by atoms with Gasteiger partial charge < -0.3 is 18.9 Å². The summed E-state index contributed by atoms with van der Waals surface area (Å²) < 4.78 is 24.6. The lowest BCUT2D eigenvalue weighted by atomic mass is 9.98. The Labute approximate surface area is 226 Å². The average Bonchev–Trinajstić information content (AvgIpc) is 2.92. The Morgan fingerprint density at radius 1 is 0.947 bits per heavy atom. The number of hydrogen-bond acceptors (Lipinski definition) is 7. The summed E-state index contributed by atoms with van der Waals surface area (Å²) in [5, 5.41) is 4.02. The zero-order valence-electron chi connectivity index (χ0n) is 21.4. The van der Waals surface area contributed by atoms with Crippen molar-refractivity contribution >= 4 is 17.7 Å². The van der Waals surface area contributed by atoms with Gasteiger partial charge in [-0.2, -0.15) is 0 Å². The summed E-state index contributed by atoms with van der Waals surface area (Å²) in [6, 6.07) is 26.7. The Hall–Kier alpha value is -3.33. The number of azide groups is 1. The normalized spacial score (nSPS) is 22.8. The molecular weight excluding hydrogens is 502 g/mol. The molecule has 4 rings (SSSR count). The highest BCUT2D eigenvalue weighted by molar-refractivity contribution is 7.99. The molecule has 0 aromatic heterocycles.